The van der Waals surface area contributed by atoms with Crippen molar-refractivity contribution in [1.82, 2.24) is 0 Å². The molecule has 44 heavy (non-hydrogen) atoms. The van der Waals surface area contributed by atoms with Crippen molar-refractivity contribution < 1.29 is 28.1 Å². The molecule has 0 aliphatic carbocycles. The standard InChI is InChI=1S/C37H32O7/c38-36-29-20-30-34(40-22-26-14-6-2-7-15-26)35(41-23-27-16-8-3-9-17-27)32(24-39-21-25-12-4-1-5-13-25)43-37(30)44-33(29)28-18-10-11-19-31(28)42-36/h1-20,32,34-35,37H,21-24H2/t32-,34-,35-,37+/m1/s1. The van der Waals surface area contributed by atoms with Gasteiger partial charge in [0, 0.05) is 5.57 Å². The van der Waals surface area contributed by atoms with E-state index in [0.717, 1.165) is 16.7 Å². The molecule has 7 heteroatoms. The van der Waals surface area contributed by atoms with Crippen LogP contribution in [0, 0.1) is 0 Å². The Balaban J connectivity index is 1.25. The van der Waals surface area contributed by atoms with E-state index in [1.165, 1.54) is 0 Å². The van der Waals surface area contributed by atoms with Crippen molar-refractivity contribution in [3.05, 3.63) is 154 Å². The van der Waals surface area contributed by atoms with Gasteiger partial charge in [-0.15, -0.1) is 0 Å². The molecule has 0 bridgehead atoms. The number of para-hydroxylation sites is 1. The highest BCUT2D eigenvalue weighted by molar-refractivity contribution is 5.88. The number of hydrogen-bond acceptors (Lipinski definition) is 7. The lowest BCUT2D eigenvalue weighted by atomic mass is 9.92. The molecule has 1 fully saturated rings. The summed E-state index contributed by atoms with van der Waals surface area (Å²) >= 11 is 0. The summed E-state index contributed by atoms with van der Waals surface area (Å²) in [6, 6.07) is 37.2. The summed E-state index contributed by atoms with van der Waals surface area (Å²) in [7, 11) is 0. The molecule has 0 amide bonds. The summed E-state index contributed by atoms with van der Waals surface area (Å²) in [5.74, 6) is 0.431. The molecular weight excluding hydrogens is 556 g/mol. The van der Waals surface area contributed by atoms with Crippen molar-refractivity contribution in [2.45, 2.75) is 44.4 Å². The molecule has 4 aromatic carbocycles. The average Bonchev–Trinajstić information content (AvgIpc) is 3.07. The Kier molecular flexibility index (Phi) is 8.34. The normalized spacial score (nSPS) is 20.8. The molecule has 2 aliphatic rings. The van der Waals surface area contributed by atoms with Crippen LogP contribution in [0.3, 0.4) is 0 Å². The molecule has 1 saturated heterocycles. The van der Waals surface area contributed by atoms with E-state index in [0.29, 0.717) is 47.7 Å². The molecule has 4 atom stereocenters. The number of hydrogen-bond donors (Lipinski definition) is 0. The number of ether oxygens (including phenoxy) is 5. The smallest absolute Gasteiger partial charge is 0.347 e. The molecule has 2 aliphatic heterocycles. The second kappa shape index (κ2) is 13.0. The van der Waals surface area contributed by atoms with E-state index in [-0.39, 0.29) is 6.61 Å². The lowest BCUT2D eigenvalue weighted by Gasteiger charge is -2.44. The van der Waals surface area contributed by atoms with Gasteiger partial charge in [-0.25, -0.2) is 4.79 Å². The van der Waals surface area contributed by atoms with Gasteiger partial charge >= 0.3 is 5.63 Å². The van der Waals surface area contributed by atoms with Crippen LogP contribution >= 0.6 is 0 Å². The highest BCUT2D eigenvalue weighted by atomic mass is 16.7. The van der Waals surface area contributed by atoms with Crippen molar-refractivity contribution in [2.24, 2.45) is 0 Å². The van der Waals surface area contributed by atoms with E-state index >= 15 is 0 Å². The third-order valence-corrected chi connectivity index (χ3v) is 7.85. The van der Waals surface area contributed by atoms with Gasteiger partial charge in [0.1, 0.15) is 35.2 Å². The van der Waals surface area contributed by atoms with Crippen LogP contribution in [0.25, 0.3) is 17.0 Å². The van der Waals surface area contributed by atoms with Crippen molar-refractivity contribution in [3.63, 3.8) is 0 Å². The van der Waals surface area contributed by atoms with Crippen molar-refractivity contribution in [3.8, 4) is 5.75 Å². The van der Waals surface area contributed by atoms with Gasteiger partial charge in [0.15, 0.2) is 0 Å². The van der Waals surface area contributed by atoms with Gasteiger partial charge in [0.25, 0.3) is 0 Å². The van der Waals surface area contributed by atoms with E-state index in [1.54, 1.807) is 12.1 Å². The molecule has 0 N–H and O–H groups in total. The number of rotatable bonds is 10. The van der Waals surface area contributed by atoms with Crippen LogP contribution < -0.4 is 10.4 Å². The maximum Gasteiger partial charge on any atom is 0.347 e. The Morgan fingerprint density at radius 1 is 0.659 bits per heavy atom. The van der Waals surface area contributed by atoms with Gasteiger partial charge < -0.3 is 28.1 Å². The lowest BCUT2D eigenvalue weighted by molar-refractivity contribution is -0.229. The Bertz CT molecular complexity index is 1780. The van der Waals surface area contributed by atoms with Gasteiger partial charge in [0.05, 0.1) is 31.8 Å². The first-order valence-corrected chi connectivity index (χ1v) is 14.7. The molecule has 222 valence electrons. The quantitative estimate of drug-likeness (QED) is 0.169. The van der Waals surface area contributed by atoms with Gasteiger partial charge in [-0.3, -0.25) is 0 Å². The largest absolute Gasteiger partial charge is 0.459 e. The van der Waals surface area contributed by atoms with Crippen molar-refractivity contribution >= 4 is 17.0 Å². The maximum atomic E-state index is 13.1. The van der Waals surface area contributed by atoms with Crippen LogP contribution in [-0.2, 0) is 38.8 Å². The van der Waals surface area contributed by atoms with E-state index < -0.39 is 30.2 Å². The van der Waals surface area contributed by atoms with Crippen LogP contribution in [0.4, 0.5) is 0 Å². The van der Waals surface area contributed by atoms with Crippen molar-refractivity contribution in [2.75, 3.05) is 6.61 Å². The van der Waals surface area contributed by atoms with Gasteiger partial charge in [-0.05, 0) is 34.9 Å². The van der Waals surface area contributed by atoms with E-state index in [1.807, 2.05) is 109 Å². The third kappa shape index (κ3) is 6.09. The molecule has 5 aromatic rings. The lowest BCUT2D eigenvalue weighted by Crippen LogP contribution is -2.56. The molecule has 0 saturated carbocycles. The zero-order valence-electron chi connectivity index (χ0n) is 24.0. The van der Waals surface area contributed by atoms with E-state index in [4.69, 9.17) is 28.1 Å². The highest BCUT2D eigenvalue weighted by Crippen LogP contribution is 2.41. The molecule has 0 radical (unpaired) electrons. The SMILES string of the molecule is O=c1oc2ccccc2c2c1C=C1[C@H](O2)O[C@H](COCc2ccccc2)[C@@H](OCc2ccccc2)[C@@H]1OCc1ccccc1. The minimum absolute atomic E-state index is 0.247. The zero-order valence-corrected chi connectivity index (χ0v) is 24.0. The van der Waals surface area contributed by atoms with Crippen LogP contribution in [0.1, 0.15) is 22.3 Å². The fourth-order valence-electron chi connectivity index (χ4n) is 5.65. The monoisotopic (exact) mass is 588 g/mol. The van der Waals surface area contributed by atoms with Crippen molar-refractivity contribution in [1.29, 1.82) is 0 Å². The Hall–Kier alpha value is -4.53. The predicted octanol–water partition coefficient (Wildman–Crippen LogP) is 6.68. The summed E-state index contributed by atoms with van der Waals surface area (Å²) in [4.78, 5) is 13.1. The minimum Gasteiger partial charge on any atom is -0.459 e. The second-order valence-corrected chi connectivity index (χ2v) is 10.9. The van der Waals surface area contributed by atoms with Crippen LogP contribution in [0.5, 0.6) is 5.75 Å². The molecular formula is C37H32O7. The molecule has 7 rings (SSSR count). The predicted molar refractivity (Wildman–Crippen MR) is 166 cm³/mol. The van der Waals surface area contributed by atoms with Crippen LogP contribution in [-0.4, -0.2) is 31.2 Å². The number of benzene rings is 4. The van der Waals surface area contributed by atoms with E-state index in [9.17, 15) is 4.79 Å². The van der Waals surface area contributed by atoms with Crippen LogP contribution in [0.2, 0.25) is 0 Å². The molecule has 1 aromatic heterocycles. The molecule has 0 unspecified atom stereocenters. The third-order valence-electron chi connectivity index (χ3n) is 7.85. The summed E-state index contributed by atoms with van der Waals surface area (Å²) in [5, 5.41) is 0.696. The van der Waals surface area contributed by atoms with Gasteiger partial charge in [0.2, 0.25) is 6.29 Å². The maximum absolute atomic E-state index is 13.1. The minimum atomic E-state index is -0.810. The van der Waals surface area contributed by atoms with Gasteiger partial charge in [-0.2, -0.15) is 0 Å². The number of fused-ring (bicyclic) bond motifs is 4. The molecule has 0 spiro atoms. The first kappa shape index (κ1) is 28.3. The summed E-state index contributed by atoms with van der Waals surface area (Å²) in [6.07, 6.45) is -0.706. The molecule has 7 nitrogen and oxygen atoms in total. The summed E-state index contributed by atoms with van der Waals surface area (Å²) in [6.45, 7) is 1.34. The van der Waals surface area contributed by atoms with E-state index in [2.05, 4.69) is 0 Å². The first-order chi connectivity index (χ1) is 21.7. The first-order valence-electron chi connectivity index (χ1n) is 14.7. The second-order valence-electron chi connectivity index (χ2n) is 10.9. The zero-order chi connectivity index (χ0) is 29.7. The average molecular weight is 589 g/mol. The summed E-state index contributed by atoms with van der Waals surface area (Å²) in [5.41, 5.74) is 4.04. The Morgan fingerprint density at radius 2 is 1.25 bits per heavy atom. The topological polar surface area (TPSA) is 76.4 Å². The van der Waals surface area contributed by atoms with Crippen LogP contribution in [0.15, 0.2) is 130 Å². The fraction of sp³-hybridized carbons (Fsp3) is 0.216. The summed E-state index contributed by atoms with van der Waals surface area (Å²) < 4.78 is 38.1. The fourth-order valence-corrected chi connectivity index (χ4v) is 5.65. The molecule has 3 heterocycles. The Labute approximate surface area is 255 Å². The Morgan fingerprint density at radius 3 is 1.93 bits per heavy atom. The van der Waals surface area contributed by atoms with Gasteiger partial charge in [-0.1, -0.05) is 103 Å². The highest BCUT2D eigenvalue weighted by Gasteiger charge is 2.47.